The zero-order valence-corrected chi connectivity index (χ0v) is 17.2. The Hall–Kier alpha value is -2.03. The first-order valence-corrected chi connectivity index (χ1v) is 10.6. The van der Waals surface area contributed by atoms with Gasteiger partial charge in [-0.2, -0.15) is 4.31 Å². The second-order valence-electron chi connectivity index (χ2n) is 5.99. The van der Waals surface area contributed by atoms with Crippen LogP contribution in [0, 0.1) is 5.82 Å². The smallest absolute Gasteiger partial charge is 0.243 e. The van der Waals surface area contributed by atoms with Crippen molar-refractivity contribution in [3.8, 4) is 0 Å². The lowest BCUT2D eigenvalue weighted by Gasteiger charge is -2.20. The van der Waals surface area contributed by atoms with Gasteiger partial charge >= 0.3 is 0 Å². The highest BCUT2D eigenvalue weighted by atomic mass is 32.2. The minimum absolute atomic E-state index is 0.129. The summed E-state index contributed by atoms with van der Waals surface area (Å²) in [4.78, 5) is 0.272. The van der Waals surface area contributed by atoms with Gasteiger partial charge in [0, 0.05) is 18.8 Å². The SMILES string of the molecule is CCN(CC)S(=O)(=O)c1ccc([C@@H](C)NC(=S)Nc2ccc(F)cc2)cc1. The van der Waals surface area contributed by atoms with E-state index in [-0.39, 0.29) is 16.8 Å². The summed E-state index contributed by atoms with van der Waals surface area (Å²) < 4.78 is 39.4. The molecule has 0 amide bonds. The molecule has 0 aliphatic rings. The van der Waals surface area contributed by atoms with E-state index < -0.39 is 10.0 Å². The summed E-state index contributed by atoms with van der Waals surface area (Å²) in [6.07, 6.45) is 0. The molecule has 0 fully saturated rings. The van der Waals surface area contributed by atoms with Crippen molar-refractivity contribution >= 4 is 33.0 Å². The Balaban J connectivity index is 2.03. The third-order valence-electron chi connectivity index (χ3n) is 4.17. The molecule has 0 radical (unpaired) electrons. The van der Waals surface area contributed by atoms with Crippen molar-refractivity contribution in [2.45, 2.75) is 31.7 Å². The fourth-order valence-corrected chi connectivity index (χ4v) is 4.37. The van der Waals surface area contributed by atoms with E-state index in [1.807, 2.05) is 20.8 Å². The highest BCUT2D eigenvalue weighted by Crippen LogP contribution is 2.19. The van der Waals surface area contributed by atoms with Gasteiger partial charge in [0.2, 0.25) is 10.0 Å². The third kappa shape index (κ3) is 5.47. The van der Waals surface area contributed by atoms with Crippen LogP contribution in [0.3, 0.4) is 0 Å². The van der Waals surface area contributed by atoms with Crippen LogP contribution in [0.2, 0.25) is 0 Å². The van der Waals surface area contributed by atoms with E-state index in [0.29, 0.717) is 23.9 Å². The molecule has 0 saturated heterocycles. The van der Waals surface area contributed by atoms with Gasteiger partial charge in [-0.1, -0.05) is 26.0 Å². The molecule has 8 heteroatoms. The van der Waals surface area contributed by atoms with E-state index in [9.17, 15) is 12.8 Å². The zero-order chi connectivity index (χ0) is 20.0. The lowest BCUT2D eigenvalue weighted by Crippen LogP contribution is -2.31. The summed E-state index contributed by atoms with van der Waals surface area (Å²) in [5.41, 5.74) is 1.58. The molecule has 146 valence electrons. The fraction of sp³-hybridized carbons (Fsp3) is 0.316. The highest BCUT2D eigenvalue weighted by molar-refractivity contribution is 7.89. The van der Waals surface area contributed by atoms with Crippen LogP contribution in [0.25, 0.3) is 0 Å². The Bertz CT molecular complexity index is 865. The zero-order valence-electron chi connectivity index (χ0n) is 15.6. The lowest BCUT2D eigenvalue weighted by molar-refractivity contribution is 0.445. The first-order valence-electron chi connectivity index (χ1n) is 8.71. The van der Waals surface area contributed by atoms with Gasteiger partial charge in [-0.3, -0.25) is 0 Å². The first kappa shape index (κ1) is 21.3. The van der Waals surface area contributed by atoms with E-state index in [2.05, 4.69) is 10.6 Å². The molecule has 2 aromatic rings. The second kappa shape index (κ2) is 9.25. The molecule has 0 aliphatic carbocycles. The molecule has 5 nitrogen and oxygen atoms in total. The van der Waals surface area contributed by atoms with Crippen molar-refractivity contribution in [1.82, 2.24) is 9.62 Å². The van der Waals surface area contributed by atoms with Crippen molar-refractivity contribution in [1.29, 1.82) is 0 Å². The van der Waals surface area contributed by atoms with Gasteiger partial charge in [0.1, 0.15) is 5.82 Å². The average Bonchev–Trinajstić information content (AvgIpc) is 2.64. The number of thiocarbonyl (C=S) groups is 1. The van der Waals surface area contributed by atoms with Crippen molar-refractivity contribution in [3.05, 3.63) is 59.9 Å². The van der Waals surface area contributed by atoms with Gasteiger partial charge in [-0.05, 0) is 61.1 Å². The standard InChI is InChI=1S/C19H24FN3O2S2/c1-4-23(5-2)27(24,25)18-12-6-15(7-13-18)14(3)21-19(26)22-17-10-8-16(20)9-11-17/h6-14H,4-5H2,1-3H3,(H2,21,22,26)/t14-/m1/s1. The monoisotopic (exact) mass is 409 g/mol. The maximum absolute atomic E-state index is 12.9. The molecule has 1 atom stereocenters. The fourth-order valence-electron chi connectivity index (χ4n) is 2.62. The summed E-state index contributed by atoms with van der Waals surface area (Å²) in [6.45, 7) is 6.42. The lowest BCUT2D eigenvalue weighted by atomic mass is 10.1. The highest BCUT2D eigenvalue weighted by Gasteiger charge is 2.21. The van der Waals surface area contributed by atoms with Crippen LogP contribution < -0.4 is 10.6 Å². The van der Waals surface area contributed by atoms with Gasteiger partial charge < -0.3 is 10.6 Å². The summed E-state index contributed by atoms with van der Waals surface area (Å²) >= 11 is 5.28. The Kier molecular flexibility index (Phi) is 7.29. The largest absolute Gasteiger partial charge is 0.356 e. The number of hydrogen-bond donors (Lipinski definition) is 2. The quantitative estimate of drug-likeness (QED) is 0.679. The molecule has 0 aliphatic heterocycles. The van der Waals surface area contributed by atoms with Gasteiger partial charge in [-0.25, -0.2) is 12.8 Å². The van der Waals surface area contributed by atoms with Gasteiger partial charge in [0.25, 0.3) is 0 Å². The maximum Gasteiger partial charge on any atom is 0.243 e. The van der Waals surface area contributed by atoms with E-state index >= 15 is 0 Å². The number of halogens is 1. The van der Waals surface area contributed by atoms with Gasteiger partial charge in [0.05, 0.1) is 10.9 Å². The number of sulfonamides is 1. The molecule has 0 unspecified atom stereocenters. The molecule has 27 heavy (non-hydrogen) atoms. The molecular weight excluding hydrogens is 385 g/mol. The molecule has 0 spiro atoms. The van der Waals surface area contributed by atoms with Crippen molar-refractivity contribution in [2.24, 2.45) is 0 Å². The molecule has 0 aromatic heterocycles. The number of anilines is 1. The topological polar surface area (TPSA) is 61.4 Å². The van der Waals surface area contributed by atoms with Crippen LogP contribution in [-0.2, 0) is 10.0 Å². The number of hydrogen-bond acceptors (Lipinski definition) is 3. The van der Waals surface area contributed by atoms with Crippen molar-refractivity contribution in [2.75, 3.05) is 18.4 Å². The van der Waals surface area contributed by atoms with E-state index in [0.717, 1.165) is 5.56 Å². The van der Waals surface area contributed by atoms with Crippen molar-refractivity contribution < 1.29 is 12.8 Å². The van der Waals surface area contributed by atoms with Gasteiger partial charge in [0.15, 0.2) is 5.11 Å². The van der Waals surface area contributed by atoms with Gasteiger partial charge in [-0.15, -0.1) is 0 Å². The Labute approximate surface area is 165 Å². The molecule has 0 bridgehead atoms. The first-order chi connectivity index (χ1) is 12.8. The molecule has 2 N–H and O–H groups in total. The van der Waals surface area contributed by atoms with E-state index in [1.54, 1.807) is 36.4 Å². The van der Waals surface area contributed by atoms with E-state index in [1.165, 1.54) is 16.4 Å². The minimum atomic E-state index is -3.47. The molecular formula is C19H24FN3O2S2. The Morgan fingerprint density at radius 3 is 2.15 bits per heavy atom. The van der Waals surface area contributed by atoms with Crippen LogP contribution in [0.1, 0.15) is 32.4 Å². The summed E-state index contributed by atoms with van der Waals surface area (Å²) in [7, 11) is -3.47. The predicted molar refractivity (Wildman–Crippen MR) is 111 cm³/mol. The Morgan fingerprint density at radius 2 is 1.63 bits per heavy atom. The molecule has 2 rings (SSSR count). The second-order valence-corrected chi connectivity index (χ2v) is 8.33. The Morgan fingerprint density at radius 1 is 1.07 bits per heavy atom. The van der Waals surface area contributed by atoms with Crippen LogP contribution >= 0.6 is 12.2 Å². The van der Waals surface area contributed by atoms with Crippen molar-refractivity contribution in [3.63, 3.8) is 0 Å². The van der Waals surface area contributed by atoms with Crippen LogP contribution in [-0.4, -0.2) is 30.9 Å². The number of rotatable bonds is 7. The number of nitrogens with zero attached hydrogens (tertiary/aromatic N) is 1. The van der Waals surface area contributed by atoms with Crippen LogP contribution in [0.15, 0.2) is 53.4 Å². The molecule has 2 aromatic carbocycles. The summed E-state index contributed by atoms with van der Waals surface area (Å²) in [6, 6.07) is 12.5. The van der Waals surface area contributed by atoms with Crippen LogP contribution in [0.4, 0.5) is 10.1 Å². The van der Waals surface area contributed by atoms with E-state index in [4.69, 9.17) is 12.2 Å². The molecule has 0 heterocycles. The normalized spacial score (nSPS) is 12.6. The molecule has 0 saturated carbocycles. The average molecular weight is 410 g/mol. The maximum atomic E-state index is 12.9. The number of nitrogens with one attached hydrogen (secondary N) is 2. The summed E-state index contributed by atoms with van der Waals surface area (Å²) in [5.74, 6) is -0.312. The minimum Gasteiger partial charge on any atom is -0.356 e. The van der Waals surface area contributed by atoms with Crippen LogP contribution in [0.5, 0.6) is 0 Å². The predicted octanol–water partition coefficient (Wildman–Crippen LogP) is 3.90. The number of benzene rings is 2. The summed E-state index contributed by atoms with van der Waals surface area (Å²) in [5, 5.41) is 6.51. The third-order valence-corrected chi connectivity index (χ3v) is 6.46.